The summed E-state index contributed by atoms with van der Waals surface area (Å²) in [5.74, 6) is -0.116. The Morgan fingerprint density at radius 1 is 1.22 bits per heavy atom. The molecule has 2 heterocycles. The molecule has 0 radical (unpaired) electrons. The van der Waals surface area contributed by atoms with E-state index in [9.17, 15) is 14.7 Å². The number of benzene rings is 2. The van der Waals surface area contributed by atoms with Gasteiger partial charge in [0.1, 0.15) is 16.3 Å². The molecule has 2 aromatic carbocycles. The van der Waals surface area contributed by atoms with Gasteiger partial charge in [-0.3, -0.25) is 4.79 Å². The molecule has 1 saturated carbocycles. The second kappa shape index (κ2) is 9.91. The molecule has 3 aromatic rings. The lowest BCUT2D eigenvalue weighted by Crippen LogP contribution is -2.51. The van der Waals surface area contributed by atoms with E-state index in [1.165, 1.54) is 11.3 Å². The molecule has 2 fully saturated rings. The summed E-state index contributed by atoms with van der Waals surface area (Å²) in [6.07, 6.45) is 2.60. The fourth-order valence-corrected chi connectivity index (χ4v) is 5.78. The van der Waals surface area contributed by atoms with Crippen LogP contribution in [0, 0.1) is 0 Å². The lowest BCUT2D eigenvalue weighted by atomic mass is 9.80. The molecule has 7 nitrogen and oxygen atoms in total. The average molecular weight is 520 g/mol. The summed E-state index contributed by atoms with van der Waals surface area (Å²) in [6.45, 7) is 5.99. The molecule has 1 aliphatic heterocycles. The summed E-state index contributed by atoms with van der Waals surface area (Å²) in [5, 5.41) is 16.1. The van der Waals surface area contributed by atoms with Gasteiger partial charge in [-0.05, 0) is 44.7 Å². The van der Waals surface area contributed by atoms with E-state index < -0.39 is 11.2 Å². The van der Waals surface area contributed by atoms with Crippen molar-refractivity contribution in [3.63, 3.8) is 0 Å². The molecular weight excluding hydrogens is 486 g/mol. The third-order valence-electron chi connectivity index (χ3n) is 7.05. The van der Waals surface area contributed by atoms with Crippen LogP contribution in [0.15, 0.2) is 60.0 Å². The molecule has 2 N–H and O–H groups in total. The van der Waals surface area contributed by atoms with Crippen LogP contribution < -0.4 is 5.32 Å². The zero-order chi connectivity index (χ0) is 26.2. The number of ether oxygens (including phenoxy) is 1. The maximum Gasteiger partial charge on any atom is 0.411 e. The van der Waals surface area contributed by atoms with E-state index in [0.717, 1.165) is 34.5 Å². The molecule has 1 saturated heterocycles. The van der Waals surface area contributed by atoms with E-state index >= 15 is 0 Å². The molecule has 0 unspecified atom stereocenters. The van der Waals surface area contributed by atoms with E-state index in [4.69, 9.17) is 4.74 Å². The van der Waals surface area contributed by atoms with Crippen molar-refractivity contribution in [1.82, 2.24) is 15.2 Å². The van der Waals surface area contributed by atoms with Gasteiger partial charge in [0.05, 0.1) is 11.6 Å². The Hall–Kier alpha value is -3.23. The van der Waals surface area contributed by atoms with Gasteiger partial charge in [0, 0.05) is 36.4 Å². The molecule has 194 valence electrons. The third-order valence-corrected chi connectivity index (χ3v) is 7.94. The molecule has 1 aliphatic carbocycles. The minimum Gasteiger partial charge on any atom is -0.438 e. The number of cyclic esters (lactones) is 1. The first kappa shape index (κ1) is 25.4. The minimum absolute atomic E-state index is 0.116. The van der Waals surface area contributed by atoms with Crippen LogP contribution in [0.1, 0.15) is 74.1 Å². The van der Waals surface area contributed by atoms with Gasteiger partial charge in [-0.2, -0.15) is 0 Å². The Labute approximate surface area is 221 Å². The molecule has 5 rings (SSSR count). The van der Waals surface area contributed by atoms with Crippen LogP contribution in [-0.4, -0.2) is 45.2 Å². The van der Waals surface area contributed by atoms with Gasteiger partial charge in [-0.1, -0.05) is 54.6 Å². The van der Waals surface area contributed by atoms with Crippen LogP contribution in [0.5, 0.6) is 0 Å². The molecule has 8 heteroatoms. The zero-order valence-electron chi connectivity index (χ0n) is 21.4. The van der Waals surface area contributed by atoms with Crippen molar-refractivity contribution in [2.24, 2.45) is 0 Å². The van der Waals surface area contributed by atoms with Gasteiger partial charge < -0.3 is 20.1 Å². The first-order chi connectivity index (χ1) is 17.6. The van der Waals surface area contributed by atoms with Crippen molar-refractivity contribution in [3.05, 3.63) is 76.8 Å². The maximum atomic E-state index is 13.3. The SMILES string of the molecule is C[C@@H](c1ccc(-c2nc(C(=O)NC3CC3)cs2)cc1)N1CC[C@](CC(C)(C)O)(c2ccccc2)OC1=O. The van der Waals surface area contributed by atoms with Crippen LogP contribution in [-0.2, 0) is 10.3 Å². The number of aromatic nitrogens is 1. The molecule has 0 spiro atoms. The monoisotopic (exact) mass is 519 g/mol. The third kappa shape index (κ3) is 5.70. The molecule has 2 atom stereocenters. The smallest absolute Gasteiger partial charge is 0.411 e. The van der Waals surface area contributed by atoms with Crippen molar-refractivity contribution in [1.29, 1.82) is 0 Å². The van der Waals surface area contributed by atoms with E-state index in [0.29, 0.717) is 31.1 Å². The average Bonchev–Trinajstić information content (AvgIpc) is 3.54. The first-order valence-corrected chi connectivity index (χ1v) is 13.7. The number of hydrogen-bond acceptors (Lipinski definition) is 6. The van der Waals surface area contributed by atoms with Crippen molar-refractivity contribution in [2.45, 2.75) is 69.7 Å². The summed E-state index contributed by atoms with van der Waals surface area (Å²) >= 11 is 1.45. The van der Waals surface area contributed by atoms with Crippen LogP contribution >= 0.6 is 11.3 Å². The molecule has 1 aromatic heterocycles. The number of rotatable bonds is 8. The molecular formula is C29H33N3O4S. The Morgan fingerprint density at radius 3 is 2.54 bits per heavy atom. The van der Waals surface area contributed by atoms with E-state index in [-0.39, 0.29) is 18.0 Å². The van der Waals surface area contributed by atoms with E-state index in [2.05, 4.69) is 10.3 Å². The maximum absolute atomic E-state index is 13.3. The van der Waals surface area contributed by atoms with Crippen molar-refractivity contribution in [3.8, 4) is 10.6 Å². The van der Waals surface area contributed by atoms with Gasteiger partial charge in [0.15, 0.2) is 0 Å². The normalized spacial score (nSPS) is 20.9. The van der Waals surface area contributed by atoms with Gasteiger partial charge in [-0.25, -0.2) is 9.78 Å². The number of hydrogen-bond donors (Lipinski definition) is 2. The van der Waals surface area contributed by atoms with Crippen LogP contribution in [0.2, 0.25) is 0 Å². The summed E-state index contributed by atoms with van der Waals surface area (Å²) in [5.41, 5.74) is 1.41. The van der Waals surface area contributed by atoms with E-state index in [1.54, 1.807) is 24.1 Å². The fourth-order valence-electron chi connectivity index (χ4n) is 4.97. The fraction of sp³-hybridized carbons (Fsp3) is 0.414. The van der Waals surface area contributed by atoms with Gasteiger partial charge >= 0.3 is 6.09 Å². The number of aliphatic hydroxyl groups is 1. The summed E-state index contributed by atoms with van der Waals surface area (Å²) in [6, 6.07) is 17.8. The number of thiazole rings is 1. The number of carbonyl (C=O) groups is 2. The predicted octanol–water partition coefficient (Wildman–Crippen LogP) is 5.66. The second-order valence-electron chi connectivity index (χ2n) is 10.7. The Morgan fingerprint density at radius 2 is 1.92 bits per heavy atom. The number of amides is 2. The number of nitrogens with one attached hydrogen (secondary N) is 1. The van der Waals surface area contributed by atoms with Crippen molar-refractivity contribution in [2.75, 3.05) is 6.54 Å². The minimum atomic E-state index is -0.992. The zero-order valence-corrected chi connectivity index (χ0v) is 22.3. The molecule has 37 heavy (non-hydrogen) atoms. The van der Waals surface area contributed by atoms with Gasteiger partial charge in [-0.15, -0.1) is 11.3 Å². The summed E-state index contributed by atoms with van der Waals surface area (Å²) in [4.78, 5) is 31.8. The molecule has 2 aliphatic rings. The van der Waals surface area contributed by atoms with Crippen molar-refractivity contribution < 1.29 is 19.4 Å². The van der Waals surface area contributed by atoms with Crippen molar-refractivity contribution >= 4 is 23.3 Å². The van der Waals surface area contributed by atoms with E-state index in [1.807, 2.05) is 61.5 Å². The highest BCUT2D eigenvalue weighted by atomic mass is 32.1. The Kier molecular flexibility index (Phi) is 6.81. The van der Waals surface area contributed by atoms with Crippen LogP contribution in [0.3, 0.4) is 0 Å². The quantitative estimate of drug-likeness (QED) is 0.401. The Balaban J connectivity index is 1.29. The molecule has 2 amide bonds. The predicted molar refractivity (Wildman–Crippen MR) is 143 cm³/mol. The highest BCUT2D eigenvalue weighted by Crippen LogP contribution is 2.42. The van der Waals surface area contributed by atoms with Crippen LogP contribution in [0.25, 0.3) is 10.6 Å². The standard InChI is InChI=1S/C29H33N3O4S/c1-19(20-9-11-21(12-10-20)26-31-24(17-37-26)25(33)30-23-13-14-23)32-16-15-29(36-27(32)34,18-28(2,3)35)22-7-5-4-6-8-22/h4-12,17,19,23,35H,13-16,18H2,1-3H3,(H,30,33)/t19-,29-/m0/s1. The number of carbonyl (C=O) groups excluding carboxylic acids is 2. The summed E-state index contributed by atoms with van der Waals surface area (Å²) < 4.78 is 6.12. The van der Waals surface area contributed by atoms with Gasteiger partial charge in [0.25, 0.3) is 5.91 Å². The highest BCUT2D eigenvalue weighted by molar-refractivity contribution is 7.13. The number of nitrogens with zero attached hydrogens (tertiary/aromatic N) is 2. The van der Waals surface area contributed by atoms with Crippen LogP contribution in [0.4, 0.5) is 4.79 Å². The first-order valence-electron chi connectivity index (χ1n) is 12.8. The second-order valence-corrected chi connectivity index (χ2v) is 11.6. The highest BCUT2D eigenvalue weighted by Gasteiger charge is 2.46. The summed E-state index contributed by atoms with van der Waals surface area (Å²) in [7, 11) is 0. The molecule has 0 bridgehead atoms. The lowest BCUT2D eigenvalue weighted by Gasteiger charge is -2.45. The largest absolute Gasteiger partial charge is 0.438 e. The lowest BCUT2D eigenvalue weighted by molar-refractivity contribution is -0.101. The Bertz CT molecular complexity index is 1260. The topological polar surface area (TPSA) is 91.8 Å². The van der Waals surface area contributed by atoms with Gasteiger partial charge in [0.2, 0.25) is 0 Å².